The third-order valence-electron chi connectivity index (χ3n) is 2.05. The van der Waals surface area contributed by atoms with E-state index in [1.807, 2.05) is 33.8 Å². The number of likely N-dealkylation sites (N-methyl/N-ethyl adjacent to an activating group) is 1. The number of allylic oxidation sites excluding steroid dienone is 3. The van der Waals surface area contributed by atoms with Gasteiger partial charge in [0.05, 0.1) is 0 Å². The molecule has 0 aliphatic heterocycles. The van der Waals surface area contributed by atoms with Crippen LogP contribution in [0, 0.1) is 0 Å². The molecule has 17 heavy (non-hydrogen) atoms. The minimum absolute atomic E-state index is 0.963. The van der Waals surface area contributed by atoms with Gasteiger partial charge in [0.2, 0.25) is 0 Å². The van der Waals surface area contributed by atoms with E-state index in [0.717, 1.165) is 25.1 Å². The third-order valence-corrected chi connectivity index (χ3v) is 2.05. The van der Waals surface area contributed by atoms with E-state index in [1.165, 1.54) is 5.70 Å². The van der Waals surface area contributed by atoms with E-state index in [-0.39, 0.29) is 0 Å². The van der Waals surface area contributed by atoms with E-state index in [2.05, 4.69) is 44.9 Å². The van der Waals surface area contributed by atoms with Crippen molar-refractivity contribution in [1.82, 2.24) is 4.90 Å². The van der Waals surface area contributed by atoms with Crippen LogP contribution in [-0.2, 0) is 0 Å². The maximum absolute atomic E-state index is 3.96. The average Bonchev–Trinajstić information content (AvgIpc) is 2.42. The Kier molecular flexibility index (Phi) is 21.8. The van der Waals surface area contributed by atoms with E-state index in [4.69, 9.17) is 0 Å². The molecule has 0 saturated heterocycles. The number of rotatable bonds is 6. The van der Waals surface area contributed by atoms with Crippen molar-refractivity contribution < 1.29 is 0 Å². The van der Waals surface area contributed by atoms with Crippen molar-refractivity contribution in [1.29, 1.82) is 0 Å². The Hall–Kier alpha value is -0.980. The van der Waals surface area contributed by atoms with E-state index in [0.29, 0.717) is 0 Å². The molecule has 0 rings (SSSR count). The Balaban J connectivity index is -0.000000439. The van der Waals surface area contributed by atoms with Crippen LogP contribution in [0.5, 0.6) is 0 Å². The lowest BCUT2D eigenvalue weighted by Crippen LogP contribution is -2.20. The lowest BCUT2D eigenvalue weighted by molar-refractivity contribution is 0.449. The summed E-state index contributed by atoms with van der Waals surface area (Å²) in [4.78, 5) is 2.20. The van der Waals surface area contributed by atoms with Gasteiger partial charge in [0.15, 0.2) is 0 Å². The number of hydrogen-bond donors (Lipinski definition) is 0. The zero-order valence-electron chi connectivity index (χ0n) is 13.1. The van der Waals surface area contributed by atoms with Crippen LogP contribution in [0.4, 0.5) is 0 Å². The van der Waals surface area contributed by atoms with Crippen LogP contribution in [0.25, 0.3) is 0 Å². The molecule has 0 radical (unpaired) electrons. The van der Waals surface area contributed by atoms with Gasteiger partial charge in [-0.15, -0.1) is 0 Å². The predicted molar refractivity (Wildman–Crippen MR) is 83.1 cm³/mol. The molecule has 0 bridgehead atoms. The van der Waals surface area contributed by atoms with Gasteiger partial charge in [-0.05, 0) is 25.8 Å². The summed E-state index contributed by atoms with van der Waals surface area (Å²) in [6, 6.07) is 0. The van der Waals surface area contributed by atoms with Gasteiger partial charge in [0, 0.05) is 17.9 Å². The molecule has 0 atom stereocenters. The first kappa shape index (κ1) is 21.3. The van der Waals surface area contributed by atoms with Gasteiger partial charge < -0.3 is 4.90 Å². The van der Waals surface area contributed by atoms with Crippen molar-refractivity contribution in [3.05, 3.63) is 36.7 Å². The molecule has 0 saturated carbocycles. The maximum Gasteiger partial charge on any atom is 0.0329 e. The second-order valence-electron chi connectivity index (χ2n) is 2.90. The smallest absolute Gasteiger partial charge is 0.0329 e. The fourth-order valence-corrected chi connectivity index (χ4v) is 1.38. The first-order valence-corrected chi connectivity index (χ1v) is 6.99. The predicted octanol–water partition coefficient (Wildman–Crippen LogP) is 5.76. The van der Waals surface area contributed by atoms with E-state index in [9.17, 15) is 0 Å². The summed E-state index contributed by atoms with van der Waals surface area (Å²) in [6.07, 6.45) is 6.18. The summed E-state index contributed by atoms with van der Waals surface area (Å²) in [5, 5.41) is 0. The molecule has 102 valence electrons. The first-order valence-electron chi connectivity index (χ1n) is 6.99. The van der Waals surface area contributed by atoms with Gasteiger partial charge in [-0.25, -0.2) is 0 Å². The molecule has 0 aliphatic carbocycles. The molecule has 0 heterocycles. The van der Waals surface area contributed by atoms with Gasteiger partial charge in [0.25, 0.3) is 0 Å². The molecule has 0 unspecified atom stereocenters. The lowest BCUT2D eigenvalue weighted by atomic mass is 10.2. The van der Waals surface area contributed by atoms with Crippen molar-refractivity contribution in [2.75, 3.05) is 6.54 Å². The SMILES string of the molecule is C=CC(=C)N(CC)/C(=C/CC)CC.CC.CC. The Morgan fingerprint density at radius 1 is 1.06 bits per heavy atom. The molecule has 0 amide bonds. The van der Waals surface area contributed by atoms with Crippen molar-refractivity contribution in [3.8, 4) is 0 Å². The van der Waals surface area contributed by atoms with Gasteiger partial charge in [-0.1, -0.05) is 60.8 Å². The van der Waals surface area contributed by atoms with Gasteiger partial charge >= 0.3 is 0 Å². The van der Waals surface area contributed by atoms with E-state index >= 15 is 0 Å². The highest BCUT2D eigenvalue weighted by molar-refractivity contribution is 5.18. The second-order valence-corrected chi connectivity index (χ2v) is 2.90. The molecular weight excluding hydrogens is 206 g/mol. The van der Waals surface area contributed by atoms with Crippen LogP contribution in [0.15, 0.2) is 36.7 Å². The van der Waals surface area contributed by atoms with Gasteiger partial charge in [-0.3, -0.25) is 0 Å². The summed E-state index contributed by atoms with van der Waals surface area (Å²) >= 11 is 0. The van der Waals surface area contributed by atoms with Crippen molar-refractivity contribution in [2.45, 2.75) is 61.3 Å². The Morgan fingerprint density at radius 2 is 1.53 bits per heavy atom. The van der Waals surface area contributed by atoms with Crippen molar-refractivity contribution in [3.63, 3.8) is 0 Å². The van der Waals surface area contributed by atoms with Crippen LogP contribution in [0.1, 0.15) is 61.3 Å². The fourth-order valence-electron chi connectivity index (χ4n) is 1.38. The second kappa shape index (κ2) is 17.4. The van der Waals surface area contributed by atoms with Crippen molar-refractivity contribution in [2.24, 2.45) is 0 Å². The molecule has 1 heteroatoms. The maximum atomic E-state index is 3.96. The van der Waals surface area contributed by atoms with Crippen LogP contribution in [0.2, 0.25) is 0 Å². The van der Waals surface area contributed by atoms with Crippen molar-refractivity contribution >= 4 is 0 Å². The summed E-state index contributed by atoms with van der Waals surface area (Å²) in [6.45, 7) is 23.1. The van der Waals surface area contributed by atoms with Crippen LogP contribution < -0.4 is 0 Å². The van der Waals surface area contributed by atoms with E-state index in [1.54, 1.807) is 0 Å². The Morgan fingerprint density at radius 3 is 1.76 bits per heavy atom. The summed E-state index contributed by atoms with van der Waals surface area (Å²) in [5.41, 5.74) is 2.33. The number of hydrogen-bond acceptors (Lipinski definition) is 1. The van der Waals surface area contributed by atoms with Crippen LogP contribution in [0.3, 0.4) is 0 Å². The molecule has 0 aliphatic rings. The highest BCUT2D eigenvalue weighted by atomic mass is 15.1. The normalized spacial score (nSPS) is 9.24. The number of nitrogens with zero attached hydrogens (tertiary/aromatic N) is 1. The molecule has 0 aromatic carbocycles. The minimum Gasteiger partial charge on any atom is -0.346 e. The summed E-state index contributed by atoms with van der Waals surface area (Å²) in [5.74, 6) is 0. The van der Waals surface area contributed by atoms with Crippen LogP contribution >= 0.6 is 0 Å². The zero-order valence-corrected chi connectivity index (χ0v) is 13.1. The quantitative estimate of drug-likeness (QED) is 0.532. The topological polar surface area (TPSA) is 3.24 Å². The standard InChI is InChI=1S/C12H21N.2C2H6/c1-6-10-12(8-3)13(9-4)11(5)7-2;2*1-2/h7,10H,2,5-6,8-9H2,1,3-4H3;2*1-2H3/b12-10+;;. The zero-order chi connectivity index (χ0) is 14.3. The summed E-state index contributed by atoms with van der Waals surface area (Å²) < 4.78 is 0. The van der Waals surface area contributed by atoms with E-state index < -0.39 is 0 Å². The molecule has 0 N–H and O–H groups in total. The Labute approximate surface area is 110 Å². The molecule has 0 fully saturated rings. The fraction of sp³-hybridized carbons (Fsp3) is 0.625. The Bertz CT molecular complexity index is 202. The van der Waals surface area contributed by atoms with Gasteiger partial charge in [-0.2, -0.15) is 0 Å². The third kappa shape index (κ3) is 9.92. The molecule has 1 nitrogen and oxygen atoms in total. The molecule has 0 spiro atoms. The highest BCUT2D eigenvalue weighted by Gasteiger charge is 2.05. The van der Waals surface area contributed by atoms with Gasteiger partial charge in [0.1, 0.15) is 0 Å². The summed E-state index contributed by atoms with van der Waals surface area (Å²) in [7, 11) is 0. The van der Waals surface area contributed by atoms with Crippen LogP contribution in [-0.4, -0.2) is 11.4 Å². The first-order chi connectivity index (χ1) is 8.21. The molecular formula is C16H33N. The highest BCUT2D eigenvalue weighted by Crippen LogP contribution is 2.15. The average molecular weight is 239 g/mol. The molecule has 0 aromatic rings. The largest absolute Gasteiger partial charge is 0.346 e. The minimum atomic E-state index is 0.963. The molecule has 0 aromatic heterocycles. The monoisotopic (exact) mass is 239 g/mol. The lowest BCUT2D eigenvalue weighted by Gasteiger charge is -2.25.